The number of pyridine rings is 1. The Hall–Kier alpha value is -7.25. The molecular formula is C45H20N2O5. The molecule has 0 fully saturated rings. The summed E-state index contributed by atoms with van der Waals surface area (Å²) in [7, 11) is 0. The lowest BCUT2D eigenvalue weighted by molar-refractivity contribution is 0.0980. The van der Waals surface area contributed by atoms with Crippen molar-refractivity contribution in [3.63, 3.8) is 0 Å². The molecule has 2 aliphatic carbocycles. The second kappa shape index (κ2) is 9.10. The Labute approximate surface area is 291 Å². The first-order chi connectivity index (χ1) is 25.4. The molecule has 0 bridgehead atoms. The fraction of sp³-hybridized carbons (Fsp3) is 0. The van der Waals surface area contributed by atoms with Gasteiger partial charge in [-0.2, -0.15) is 0 Å². The van der Waals surface area contributed by atoms with E-state index < -0.39 is 0 Å². The van der Waals surface area contributed by atoms with Gasteiger partial charge in [0.2, 0.25) is 0 Å². The molecule has 2 heterocycles. The van der Waals surface area contributed by atoms with E-state index in [-0.39, 0.29) is 28.6 Å². The molecular weight excluding hydrogens is 649 g/mol. The number of carbonyl (C=O) groups is 4. The van der Waals surface area contributed by atoms with Crippen LogP contribution in [-0.2, 0) is 0 Å². The molecule has 240 valence electrons. The maximum Gasteiger partial charge on any atom is 0.196 e. The average molecular weight is 669 g/mol. The van der Waals surface area contributed by atoms with Crippen molar-refractivity contribution < 1.29 is 19.2 Å². The van der Waals surface area contributed by atoms with Gasteiger partial charge in [-0.15, -0.1) is 0 Å². The lowest BCUT2D eigenvalue weighted by atomic mass is 9.82. The Balaban J connectivity index is 1.14. The Bertz CT molecular complexity index is 3510. The van der Waals surface area contributed by atoms with E-state index in [1.54, 1.807) is 60.7 Å². The van der Waals surface area contributed by atoms with Crippen LogP contribution in [0.3, 0.4) is 0 Å². The molecule has 7 nitrogen and oxygen atoms in total. The van der Waals surface area contributed by atoms with Crippen LogP contribution in [0.2, 0.25) is 0 Å². The van der Waals surface area contributed by atoms with Crippen molar-refractivity contribution in [2.45, 2.75) is 0 Å². The van der Waals surface area contributed by atoms with Gasteiger partial charge >= 0.3 is 0 Å². The van der Waals surface area contributed by atoms with Gasteiger partial charge in [-0.1, -0.05) is 72.8 Å². The first-order valence-electron chi connectivity index (χ1n) is 17.0. The molecule has 10 aromatic rings. The lowest BCUT2D eigenvalue weighted by Crippen LogP contribution is -2.21. The van der Waals surface area contributed by atoms with E-state index in [4.69, 9.17) is 0 Å². The van der Waals surface area contributed by atoms with Gasteiger partial charge in [-0.3, -0.25) is 24.0 Å². The van der Waals surface area contributed by atoms with Crippen molar-refractivity contribution in [3.8, 4) is 0 Å². The summed E-state index contributed by atoms with van der Waals surface area (Å²) in [4.78, 5) is 76.0. The third kappa shape index (κ3) is 3.11. The highest BCUT2D eigenvalue weighted by atomic mass is 16.1. The molecule has 2 aliphatic rings. The van der Waals surface area contributed by atoms with Crippen LogP contribution in [0.4, 0.5) is 0 Å². The van der Waals surface area contributed by atoms with Gasteiger partial charge in [0, 0.05) is 82.1 Å². The Kier molecular flexibility index (Phi) is 4.82. The van der Waals surface area contributed by atoms with Gasteiger partial charge in [0.1, 0.15) is 0 Å². The predicted octanol–water partition coefficient (Wildman–Crippen LogP) is 8.76. The van der Waals surface area contributed by atoms with E-state index in [0.717, 1.165) is 54.1 Å². The highest BCUT2D eigenvalue weighted by molar-refractivity contribution is 6.37. The number of nitrogens with one attached hydrogen (secondary N) is 2. The monoisotopic (exact) mass is 668 g/mol. The van der Waals surface area contributed by atoms with Crippen molar-refractivity contribution in [1.82, 2.24) is 9.97 Å². The van der Waals surface area contributed by atoms with Crippen LogP contribution in [0.25, 0.3) is 75.9 Å². The number of aromatic nitrogens is 2. The second-order valence-electron chi connectivity index (χ2n) is 13.8. The number of hydrogen-bond acceptors (Lipinski definition) is 5. The molecule has 2 N–H and O–H groups in total. The number of aromatic amines is 2. The zero-order valence-corrected chi connectivity index (χ0v) is 26.9. The smallest absolute Gasteiger partial charge is 0.196 e. The van der Waals surface area contributed by atoms with Crippen LogP contribution < -0.4 is 5.43 Å². The summed E-state index contributed by atoms with van der Waals surface area (Å²) in [6.07, 6.45) is 0. The molecule has 2 aromatic heterocycles. The summed E-state index contributed by atoms with van der Waals surface area (Å²) in [5.74, 6) is -0.782. The first kappa shape index (κ1) is 27.6. The van der Waals surface area contributed by atoms with E-state index >= 15 is 0 Å². The van der Waals surface area contributed by atoms with E-state index in [9.17, 15) is 24.0 Å². The summed E-state index contributed by atoms with van der Waals surface area (Å²) < 4.78 is 0. The molecule has 0 amide bonds. The van der Waals surface area contributed by atoms with Crippen LogP contribution in [-0.4, -0.2) is 33.1 Å². The molecule has 0 saturated carbocycles. The van der Waals surface area contributed by atoms with Crippen molar-refractivity contribution in [2.75, 3.05) is 0 Å². The van der Waals surface area contributed by atoms with Crippen molar-refractivity contribution in [1.29, 1.82) is 0 Å². The van der Waals surface area contributed by atoms with Crippen molar-refractivity contribution in [3.05, 3.63) is 164 Å². The SMILES string of the molecule is O=C1c2ccccc2C(=O)c2c1ccc1c2[nH]c2cc3c(cc21)c(=O)c1ccc2c4ccc5c(c4[nH]c4ccc3c1c42)C(=O)c1ccccc1C5=O. The number of ketones is 4. The number of benzene rings is 8. The highest BCUT2D eigenvalue weighted by Crippen LogP contribution is 2.43. The molecule has 8 aromatic carbocycles. The molecule has 0 saturated heterocycles. The van der Waals surface area contributed by atoms with Crippen molar-refractivity contribution in [2.24, 2.45) is 0 Å². The molecule has 12 rings (SSSR count). The van der Waals surface area contributed by atoms with Crippen LogP contribution >= 0.6 is 0 Å². The largest absolute Gasteiger partial charge is 0.354 e. The van der Waals surface area contributed by atoms with E-state index in [2.05, 4.69) is 9.97 Å². The summed E-state index contributed by atoms with van der Waals surface area (Å²) in [5.41, 5.74) is 5.54. The molecule has 0 radical (unpaired) electrons. The Morgan fingerprint density at radius 3 is 1.42 bits per heavy atom. The maximum absolute atomic E-state index is 14.4. The van der Waals surface area contributed by atoms with Gasteiger partial charge in [0.25, 0.3) is 0 Å². The zero-order valence-electron chi connectivity index (χ0n) is 26.9. The fourth-order valence-corrected chi connectivity index (χ4v) is 9.07. The minimum atomic E-state index is -0.209. The number of H-pyrrole nitrogens is 2. The third-order valence-electron chi connectivity index (χ3n) is 11.4. The van der Waals surface area contributed by atoms with Gasteiger partial charge < -0.3 is 9.97 Å². The topological polar surface area (TPSA) is 117 Å². The second-order valence-corrected chi connectivity index (χ2v) is 13.8. The summed E-state index contributed by atoms with van der Waals surface area (Å²) in [5, 5.41) is 7.64. The normalized spacial score (nSPS) is 14.0. The quantitative estimate of drug-likeness (QED) is 0.124. The number of carbonyl (C=O) groups excluding carboxylic acids is 4. The van der Waals surface area contributed by atoms with Crippen LogP contribution in [0.1, 0.15) is 63.7 Å². The third-order valence-corrected chi connectivity index (χ3v) is 11.4. The predicted molar refractivity (Wildman–Crippen MR) is 202 cm³/mol. The van der Waals surface area contributed by atoms with E-state index in [1.807, 2.05) is 48.5 Å². The molecule has 52 heavy (non-hydrogen) atoms. The maximum atomic E-state index is 14.4. The Morgan fingerprint density at radius 1 is 0.327 bits per heavy atom. The zero-order chi connectivity index (χ0) is 34.7. The first-order valence-corrected chi connectivity index (χ1v) is 17.0. The number of rotatable bonds is 0. The number of hydrogen-bond donors (Lipinski definition) is 2. The minimum Gasteiger partial charge on any atom is -0.354 e. The van der Waals surface area contributed by atoms with E-state index in [0.29, 0.717) is 66.3 Å². The standard InChI is InChI=1S/C45H20N2O5/c48-41-23-5-1-3-7-25(23)44(51)37-28(41)13-10-21-19-9-12-27-35-20(15-16-33(36(19)35)46-39(21)37)30-18-34-31(17-32(30)43(27)50)22-11-14-29-38(40(22)47-34)45(52)26-8-4-2-6-24(26)42(29)49/h1-18,46-47H. The van der Waals surface area contributed by atoms with Crippen LogP contribution in [0, 0.1) is 0 Å². The summed E-state index contributed by atoms with van der Waals surface area (Å²) in [6, 6.07) is 32.6. The van der Waals surface area contributed by atoms with Gasteiger partial charge in [-0.25, -0.2) is 0 Å². The van der Waals surface area contributed by atoms with Crippen LogP contribution in [0.5, 0.6) is 0 Å². The summed E-state index contributed by atoms with van der Waals surface area (Å²) >= 11 is 0. The molecule has 7 heteroatoms. The number of fused-ring (bicyclic) bond motifs is 13. The highest BCUT2D eigenvalue weighted by Gasteiger charge is 2.33. The molecule has 0 unspecified atom stereocenters. The lowest BCUT2D eigenvalue weighted by Gasteiger charge is -2.21. The van der Waals surface area contributed by atoms with Crippen LogP contribution in [0.15, 0.2) is 114 Å². The molecule has 0 atom stereocenters. The Morgan fingerprint density at radius 2 is 0.808 bits per heavy atom. The minimum absolute atomic E-state index is 0.116. The molecule has 0 spiro atoms. The van der Waals surface area contributed by atoms with E-state index in [1.165, 1.54) is 0 Å². The fourth-order valence-electron chi connectivity index (χ4n) is 9.07. The van der Waals surface area contributed by atoms with Gasteiger partial charge in [0.15, 0.2) is 28.6 Å². The van der Waals surface area contributed by atoms with Crippen molar-refractivity contribution >= 4 is 99.1 Å². The van der Waals surface area contributed by atoms with Gasteiger partial charge in [-0.05, 0) is 52.6 Å². The average Bonchev–Trinajstić information content (AvgIpc) is 3.55. The van der Waals surface area contributed by atoms with Gasteiger partial charge in [0.05, 0.1) is 22.2 Å². The molecule has 0 aliphatic heterocycles. The summed E-state index contributed by atoms with van der Waals surface area (Å²) in [6.45, 7) is 0.